The summed E-state index contributed by atoms with van der Waals surface area (Å²) in [5.41, 5.74) is 2.71. The van der Waals surface area contributed by atoms with Crippen molar-refractivity contribution < 1.29 is 19.1 Å². The summed E-state index contributed by atoms with van der Waals surface area (Å²) in [5, 5.41) is 3.22. The maximum Gasteiger partial charge on any atom is 0.262 e. The first kappa shape index (κ1) is 20.2. The Morgan fingerprint density at radius 2 is 2.03 bits per heavy atom. The number of amidine groups is 1. The quantitative estimate of drug-likeness (QED) is 0.765. The molecule has 0 aliphatic carbocycles. The summed E-state index contributed by atoms with van der Waals surface area (Å²) in [6.07, 6.45) is 4.24. The number of pyridine rings is 1. The van der Waals surface area contributed by atoms with Gasteiger partial charge in [0.2, 0.25) is 0 Å². The number of methoxy groups -OCH3 is 1. The van der Waals surface area contributed by atoms with Crippen LogP contribution in [0.4, 0.5) is 5.69 Å². The predicted octanol–water partition coefficient (Wildman–Crippen LogP) is 2.69. The van der Waals surface area contributed by atoms with E-state index in [1.807, 2.05) is 0 Å². The number of fused-ring (bicyclic) bond motifs is 1. The normalized spacial score (nSPS) is 18.1. The number of nitrogens with zero attached hydrogens (tertiary/aromatic N) is 3. The van der Waals surface area contributed by atoms with Gasteiger partial charge in [0.1, 0.15) is 5.75 Å². The number of hydrogen-bond acceptors (Lipinski definition) is 6. The molecule has 2 aromatic rings. The molecule has 3 heterocycles. The molecule has 0 fully saturated rings. The van der Waals surface area contributed by atoms with Crippen LogP contribution in [0.15, 0.2) is 46.6 Å². The summed E-state index contributed by atoms with van der Waals surface area (Å²) in [7, 11) is 1.56. The number of carbonyl (C=O) groups is 2. The van der Waals surface area contributed by atoms with Crippen molar-refractivity contribution in [3.63, 3.8) is 0 Å². The summed E-state index contributed by atoms with van der Waals surface area (Å²) < 4.78 is 10.7. The Morgan fingerprint density at radius 3 is 2.80 bits per heavy atom. The third-order valence-electron chi connectivity index (χ3n) is 4.88. The summed E-state index contributed by atoms with van der Waals surface area (Å²) in [4.78, 5) is 37.0. The van der Waals surface area contributed by atoms with Gasteiger partial charge in [-0.2, -0.15) is 4.99 Å². The fourth-order valence-corrected chi connectivity index (χ4v) is 3.66. The number of halogens is 1. The first-order chi connectivity index (χ1) is 14.5. The zero-order chi connectivity index (χ0) is 21.1. The van der Waals surface area contributed by atoms with Crippen molar-refractivity contribution >= 4 is 40.6 Å². The molecule has 1 N–H and O–H groups in total. The van der Waals surface area contributed by atoms with E-state index in [2.05, 4.69) is 20.3 Å². The monoisotopic (exact) mass is 426 g/mol. The smallest absolute Gasteiger partial charge is 0.262 e. The zero-order valence-corrected chi connectivity index (χ0v) is 17.0. The van der Waals surface area contributed by atoms with Crippen molar-refractivity contribution in [3.8, 4) is 5.75 Å². The van der Waals surface area contributed by atoms with Crippen LogP contribution in [0, 0.1) is 5.92 Å². The molecule has 0 spiro atoms. The van der Waals surface area contributed by atoms with Crippen LogP contribution >= 0.6 is 11.6 Å². The highest BCUT2D eigenvalue weighted by Gasteiger charge is 2.29. The molecule has 0 saturated carbocycles. The van der Waals surface area contributed by atoms with E-state index in [0.717, 1.165) is 11.1 Å². The highest BCUT2D eigenvalue weighted by atomic mass is 35.5. The first-order valence-electron chi connectivity index (χ1n) is 9.39. The van der Waals surface area contributed by atoms with Crippen LogP contribution < -0.4 is 10.1 Å². The minimum absolute atomic E-state index is 0.0354. The molecule has 2 amide bonds. The average Bonchev–Trinajstić information content (AvgIpc) is 2.74. The van der Waals surface area contributed by atoms with E-state index in [4.69, 9.17) is 21.1 Å². The lowest BCUT2D eigenvalue weighted by Crippen LogP contribution is -2.32. The van der Waals surface area contributed by atoms with Gasteiger partial charge in [0.05, 0.1) is 23.9 Å². The Morgan fingerprint density at radius 1 is 1.23 bits per heavy atom. The Labute approximate surface area is 178 Å². The van der Waals surface area contributed by atoms with Gasteiger partial charge in [0, 0.05) is 30.1 Å². The van der Waals surface area contributed by atoms with E-state index in [1.54, 1.807) is 43.8 Å². The van der Waals surface area contributed by atoms with Crippen LogP contribution in [0.25, 0.3) is 0 Å². The number of rotatable bonds is 6. The molecule has 1 unspecified atom stereocenters. The standard InChI is InChI=1S/C21H19ClN4O4/c1-29-10-17-14(21(28)26-20(25-17)12-4-6-23-7-5-12)3-2-13-8-18-16(9-15(13)22)24-19(27)11-30-18/h4-9,14H,2-3,10-11H2,1H3,(H,24,27). The summed E-state index contributed by atoms with van der Waals surface area (Å²) in [6.45, 7) is 0.194. The molecule has 154 valence electrons. The van der Waals surface area contributed by atoms with Gasteiger partial charge < -0.3 is 14.8 Å². The lowest BCUT2D eigenvalue weighted by molar-refractivity contribution is -0.120. The molecule has 0 radical (unpaired) electrons. The van der Waals surface area contributed by atoms with Gasteiger partial charge >= 0.3 is 0 Å². The van der Waals surface area contributed by atoms with Crippen molar-refractivity contribution in [2.45, 2.75) is 12.8 Å². The molecular formula is C21H19ClN4O4. The van der Waals surface area contributed by atoms with Crippen LogP contribution in [0.3, 0.4) is 0 Å². The number of nitrogens with one attached hydrogen (secondary N) is 1. The molecular weight excluding hydrogens is 408 g/mol. The van der Waals surface area contributed by atoms with Gasteiger partial charge in [-0.3, -0.25) is 14.6 Å². The van der Waals surface area contributed by atoms with Crippen molar-refractivity contribution in [1.29, 1.82) is 0 Å². The molecule has 0 bridgehead atoms. The lowest BCUT2D eigenvalue weighted by atomic mass is 9.93. The van der Waals surface area contributed by atoms with E-state index in [0.29, 0.717) is 40.8 Å². The summed E-state index contributed by atoms with van der Waals surface area (Å²) >= 11 is 6.38. The molecule has 9 heteroatoms. The zero-order valence-electron chi connectivity index (χ0n) is 16.2. The lowest BCUT2D eigenvalue weighted by Gasteiger charge is -2.22. The van der Waals surface area contributed by atoms with Crippen LogP contribution in [0.2, 0.25) is 5.02 Å². The maximum absolute atomic E-state index is 12.8. The SMILES string of the molecule is COCC1=NC(c2ccncc2)=NC(=O)C1CCc1cc2c(cc1Cl)NC(=O)CO2. The highest BCUT2D eigenvalue weighted by molar-refractivity contribution is 6.32. The van der Waals surface area contributed by atoms with Gasteiger partial charge in [0.25, 0.3) is 11.8 Å². The van der Waals surface area contributed by atoms with Gasteiger partial charge in [-0.15, -0.1) is 0 Å². The molecule has 2 aliphatic rings. The largest absolute Gasteiger partial charge is 0.482 e. The number of aryl methyl sites for hydroxylation is 1. The Bertz CT molecular complexity index is 1050. The predicted molar refractivity (Wildman–Crippen MR) is 112 cm³/mol. The second kappa shape index (κ2) is 8.73. The maximum atomic E-state index is 12.8. The summed E-state index contributed by atoms with van der Waals surface area (Å²) in [6, 6.07) is 6.97. The number of hydrogen-bond donors (Lipinski definition) is 1. The number of aliphatic imine (C=N–C) groups is 2. The molecule has 4 rings (SSSR count). The number of ether oxygens (including phenoxy) is 2. The molecule has 1 atom stereocenters. The number of carbonyl (C=O) groups excluding carboxylic acids is 2. The molecule has 30 heavy (non-hydrogen) atoms. The van der Waals surface area contributed by atoms with E-state index in [9.17, 15) is 9.59 Å². The topological polar surface area (TPSA) is 102 Å². The Hall–Kier alpha value is -3.10. The van der Waals surface area contributed by atoms with Crippen LogP contribution in [-0.2, 0) is 20.7 Å². The van der Waals surface area contributed by atoms with E-state index in [-0.39, 0.29) is 25.0 Å². The van der Waals surface area contributed by atoms with Crippen LogP contribution in [0.1, 0.15) is 17.5 Å². The first-order valence-corrected chi connectivity index (χ1v) is 9.77. The van der Waals surface area contributed by atoms with Gasteiger partial charge in [-0.25, -0.2) is 4.99 Å². The van der Waals surface area contributed by atoms with Gasteiger partial charge in [-0.05, 0) is 42.7 Å². The molecule has 1 aromatic heterocycles. The van der Waals surface area contributed by atoms with E-state index < -0.39 is 5.92 Å². The highest BCUT2D eigenvalue weighted by Crippen LogP contribution is 2.34. The fourth-order valence-electron chi connectivity index (χ4n) is 3.40. The van der Waals surface area contributed by atoms with Gasteiger partial charge in [-0.1, -0.05) is 11.6 Å². The Balaban J connectivity index is 1.53. The minimum Gasteiger partial charge on any atom is -0.482 e. The number of amides is 2. The molecule has 1 aromatic carbocycles. The average molecular weight is 427 g/mol. The summed E-state index contributed by atoms with van der Waals surface area (Å²) in [5.74, 6) is -0.0541. The van der Waals surface area contributed by atoms with Crippen LogP contribution in [0.5, 0.6) is 5.75 Å². The van der Waals surface area contributed by atoms with Gasteiger partial charge in [0.15, 0.2) is 12.4 Å². The van der Waals surface area contributed by atoms with E-state index in [1.165, 1.54) is 0 Å². The molecule has 2 aliphatic heterocycles. The Kier molecular flexibility index (Phi) is 5.87. The van der Waals surface area contributed by atoms with Crippen molar-refractivity contribution in [1.82, 2.24) is 4.98 Å². The van der Waals surface area contributed by atoms with Crippen molar-refractivity contribution in [2.24, 2.45) is 15.9 Å². The third kappa shape index (κ3) is 4.24. The number of aromatic nitrogens is 1. The second-order valence-corrected chi connectivity index (χ2v) is 7.32. The number of anilines is 1. The van der Waals surface area contributed by atoms with E-state index >= 15 is 0 Å². The fraction of sp³-hybridized carbons (Fsp3) is 0.286. The minimum atomic E-state index is -0.497. The van der Waals surface area contributed by atoms with Crippen LogP contribution in [-0.4, -0.2) is 48.7 Å². The second-order valence-electron chi connectivity index (χ2n) is 6.91. The number of benzene rings is 1. The van der Waals surface area contributed by atoms with Crippen molar-refractivity contribution in [2.75, 3.05) is 25.6 Å². The van der Waals surface area contributed by atoms with Crippen molar-refractivity contribution in [3.05, 3.63) is 52.8 Å². The molecule has 8 nitrogen and oxygen atoms in total. The molecule has 0 saturated heterocycles. The third-order valence-corrected chi connectivity index (χ3v) is 5.23.